The van der Waals surface area contributed by atoms with Gasteiger partial charge in [-0.05, 0) is 32.3 Å². The molecule has 1 fully saturated rings. The highest BCUT2D eigenvalue weighted by Gasteiger charge is 2.33. The van der Waals surface area contributed by atoms with Crippen molar-refractivity contribution in [3.05, 3.63) is 46.4 Å². The highest BCUT2D eigenvalue weighted by molar-refractivity contribution is 6.35. The Morgan fingerprint density at radius 2 is 2.25 bits per heavy atom. The van der Waals surface area contributed by atoms with E-state index in [0.29, 0.717) is 17.6 Å². The number of hydrogen-bond acceptors (Lipinski definition) is 3. The minimum absolute atomic E-state index is 0.479. The van der Waals surface area contributed by atoms with Gasteiger partial charge in [0, 0.05) is 29.2 Å². The lowest BCUT2D eigenvalue weighted by Gasteiger charge is -2.09. The number of hydrogen-bond donors (Lipinski definition) is 0. The van der Waals surface area contributed by atoms with Gasteiger partial charge in [-0.1, -0.05) is 35.5 Å². The van der Waals surface area contributed by atoms with Crippen LogP contribution in [-0.2, 0) is 11.3 Å². The summed E-state index contributed by atoms with van der Waals surface area (Å²) in [7, 11) is 1.68. The van der Waals surface area contributed by atoms with Gasteiger partial charge in [0.25, 0.3) is 0 Å². The molecule has 0 saturated heterocycles. The Bertz CT molecular complexity index is 565. The van der Waals surface area contributed by atoms with Gasteiger partial charge in [0.2, 0.25) is 0 Å². The van der Waals surface area contributed by atoms with Crippen molar-refractivity contribution in [1.29, 1.82) is 0 Å². The van der Waals surface area contributed by atoms with E-state index in [9.17, 15) is 0 Å². The largest absolute Gasteiger partial charge is 0.380 e. The molecule has 20 heavy (non-hydrogen) atoms. The molecule has 1 saturated carbocycles. The molecule has 1 aromatic heterocycles. The summed E-state index contributed by atoms with van der Waals surface area (Å²) in [5, 5.41) is 4.83. The molecule has 108 valence electrons. The Balaban J connectivity index is 2.56. The number of nitrogens with zero attached hydrogens (tertiary/aromatic N) is 1. The van der Waals surface area contributed by atoms with E-state index >= 15 is 0 Å². The van der Waals surface area contributed by atoms with Crippen LogP contribution >= 0.6 is 11.6 Å². The Morgan fingerprint density at radius 3 is 2.75 bits per heavy atom. The maximum atomic E-state index is 6.31. The van der Waals surface area contributed by atoms with Crippen molar-refractivity contribution in [2.75, 3.05) is 7.11 Å². The summed E-state index contributed by atoms with van der Waals surface area (Å²) >= 11 is 6.31. The molecule has 0 amide bonds. The van der Waals surface area contributed by atoms with E-state index in [0.717, 1.165) is 41.0 Å². The fourth-order valence-corrected chi connectivity index (χ4v) is 2.44. The quantitative estimate of drug-likeness (QED) is 0.707. The topological polar surface area (TPSA) is 35.3 Å². The maximum absolute atomic E-state index is 6.31. The number of rotatable bonds is 6. The molecule has 4 heteroatoms. The summed E-state index contributed by atoms with van der Waals surface area (Å²) in [6, 6.07) is 0. The summed E-state index contributed by atoms with van der Waals surface area (Å²) in [5.41, 5.74) is 3.69. The van der Waals surface area contributed by atoms with E-state index in [4.69, 9.17) is 20.9 Å². The molecule has 3 nitrogen and oxygen atoms in total. The van der Waals surface area contributed by atoms with Crippen LogP contribution in [0.25, 0.3) is 5.57 Å². The van der Waals surface area contributed by atoms with Crippen LogP contribution in [0.15, 0.2) is 33.9 Å². The molecule has 1 aliphatic carbocycles. The van der Waals surface area contributed by atoms with Gasteiger partial charge in [-0.3, -0.25) is 0 Å². The molecule has 2 rings (SSSR count). The Kier molecular flexibility index (Phi) is 4.84. The lowest BCUT2D eigenvalue weighted by molar-refractivity contribution is 0.182. The van der Waals surface area contributed by atoms with Crippen LogP contribution in [0.1, 0.15) is 49.6 Å². The minimum Gasteiger partial charge on any atom is -0.380 e. The standard InChI is InChI=1S/C16H20ClNO2/c1-5-10(3)14(13(17)6-2)15-12(9-19-4)16(20-18-15)11-7-8-11/h5-6,11H,2,7-9H2,1,3-4H3/b10-5-,14-13-. The molecule has 1 heterocycles. The fraction of sp³-hybridized carbons (Fsp3) is 0.438. The van der Waals surface area contributed by atoms with E-state index in [1.165, 1.54) is 0 Å². The summed E-state index contributed by atoms with van der Waals surface area (Å²) in [6.45, 7) is 8.20. The molecular weight excluding hydrogens is 274 g/mol. The number of ether oxygens (including phenoxy) is 1. The van der Waals surface area contributed by atoms with Crippen LogP contribution in [0.3, 0.4) is 0 Å². The van der Waals surface area contributed by atoms with E-state index in [-0.39, 0.29) is 0 Å². The van der Waals surface area contributed by atoms with Gasteiger partial charge in [0.15, 0.2) is 0 Å². The highest BCUT2D eigenvalue weighted by Crippen LogP contribution is 2.44. The molecular formula is C16H20ClNO2. The second kappa shape index (κ2) is 6.42. The van der Waals surface area contributed by atoms with E-state index in [2.05, 4.69) is 11.7 Å². The second-order valence-corrected chi connectivity index (χ2v) is 5.39. The minimum atomic E-state index is 0.479. The van der Waals surface area contributed by atoms with Crippen LogP contribution in [-0.4, -0.2) is 12.3 Å². The molecule has 0 bridgehead atoms. The first kappa shape index (κ1) is 15.1. The van der Waals surface area contributed by atoms with Gasteiger partial charge in [-0.25, -0.2) is 0 Å². The van der Waals surface area contributed by atoms with Gasteiger partial charge in [0.05, 0.1) is 6.61 Å². The van der Waals surface area contributed by atoms with Crippen molar-refractivity contribution in [2.45, 2.75) is 39.2 Å². The molecule has 1 aliphatic rings. The van der Waals surface area contributed by atoms with Crippen LogP contribution < -0.4 is 0 Å². The smallest absolute Gasteiger partial charge is 0.145 e. The molecule has 0 spiro atoms. The van der Waals surface area contributed by atoms with Gasteiger partial charge in [0.1, 0.15) is 11.5 Å². The Hall–Kier alpha value is -1.32. The lowest BCUT2D eigenvalue weighted by atomic mass is 9.98. The SMILES string of the molecule is C=C/C(Cl)=C(\C(C)=C/C)c1noc(C2CC2)c1COC. The molecule has 0 N–H and O–H groups in total. The zero-order chi connectivity index (χ0) is 14.7. The van der Waals surface area contributed by atoms with Crippen molar-refractivity contribution in [2.24, 2.45) is 0 Å². The first-order valence-electron chi connectivity index (χ1n) is 6.77. The number of halogens is 1. The monoisotopic (exact) mass is 293 g/mol. The van der Waals surface area contributed by atoms with Crippen molar-refractivity contribution >= 4 is 17.2 Å². The predicted octanol–water partition coefficient (Wildman–Crippen LogP) is 4.80. The first-order valence-corrected chi connectivity index (χ1v) is 7.15. The molecule has 0 atom stereocenters. The second-order valence-electron chi connectivity index (χ2n) is 4.98. The zero-order valence-electron chi connectivity index (χ0n) is 12.2. The van der Waals surface area contributed by atoms with Crippen molar-refractivity contribution in [3.8, 4) is 0 Å². The van der Waals surface area contributed by atoms with Crippen molar-refractivity contribution in [1.82, 2.24) is 5.16 Å². The Labute approximate surface area is 124 Å². The van der Waals surface area contributed by atoms with Crippen LogP contribution in [0, 0.1) is 0 Å². The highest BCUT2D eigenvalue weighted by atomic mass is 35.5. The van der Waals surface area contributed by atoms with Crippen molar-refractivity contribution in [3.63, 3.8) is 0 Å². The van der Waals surface area contributed by atoms with E-state index in [1.807, 2.05) is 19.9 Å². The molecule has 0 aromatic carbocycles. The van der Waals surface area contributed by atoms with Crippen LogP contribution in [0.2, 0.25) is 0 Å². The third-order valence-corrected chi connectivity index (χ3v) is 3.88. The molecule has 0 aliphatic heterocycles. The summed E-state index contributed by atoms with van der Waals surface area (Å²) < 4.78 is 10.9. The number of methoxy groups -OCH3 is 1. The number of allylic oxidation sites excluding steroid dienone is 5. The average Bonchev–Trinajstić information content (AvgIpc) is 3.22. The predicted molar refractivity (Wildman–Crippen MR) is 81.6 cm³/mol. The lowest BCUT2D eigenvalue weighted by Crippen LogP contribution is -1.98. The normalized spacial score (nSPS) is 17.1. The summed E-state index contributed by atoms with van der Waals surface area (Å²) in [6.07, 6.45) is 5.94. The first-order chi connectivity index (χ1) is 9.63. The molecule has 0 unspecified atom stereocenters. The van der Waals surface area contributed by atoms with Gasteiger partial charge in [-0.2, -0.15) is 0 Å². The molecule has 0 radical (unpaired) electrons. The molecule has 1 aromatic rings. The number of aromatic nitrogens is 1. The van der Waals surface area contributed by atoms with Gasteiger partial charge < -0.3 is 9.26 Å². The summed E-state index contributed by atoms with van der Waals surface area (Å²) in [5.74, 6) is 1.42. The Morgan fingerprint density at radius 1 is 1.55 bits per heavy atom. The maximum Gasteiger partial charge on any atom is 0.145 e. The van der Waals surface area contributed by atoms with E-state index in [1.54, 1.807) is 13.2 Å². The fourth-order valence-electron chi connectivity index (χ4n) is 2.20. The third-order valence-electron chi connectivity index (χ3n) is 3.54. The van der Waals surface area contributed by atoms with Gasteiger partial charge in [-0.15, -0.1) is 0 Å². The van der Waals surface area contributed by atoms with Gasteiger partial charge >= 0.3 is 0 Å². The van der Waals surface area contributed by atoms with Crippen LogP contribution in [0.4, 0.5) is 0 Å². The average molecular weight is 294 g/mol. The van der Waals surface area contributed by atoms with E-state index < -0.39 is 0 Å². The summed E-state index contributed by atoms with van der Waals surface area (Å²) in [4.78, 5) is 0. The third kappa shape index (κ3) is 2.89. The van der Waals surface area contributed by atoms with Crippen molar-refractivity contribution < 1.29 is 9.26 Å². The van der Waals surface area contributed by atoms with Crippen LogP contribution in [0.5, 0.6) is 0 Å². The zero-order valence-corrected chi connectivity index (χ0v) is 13.0.